The van der Waals surface area contributed by atoms with Crippen molar-refractivity contribution in [3.05, 3.63) is 0 Å². The molecule has 0 unspecified atom stereocenters. The van der Waals surface area contributed by atoms with Gasteiger partial charge in [-0.1, -0.05) is 187 Å². The summed E-state index contributed by atoms with van der Waals surface area (Å²) in [6, 6.07) is 0. The van der Waals surface area contributed by atoms with Gasteiger partial charge in [-0.15, -0.1) is 0 Å². The number of unbranched alkanes of at least 4 members (excludes halogenated alkanes) is 24. The molecule has 0 heterocycles. The lowest BCUT2D eigenvalue weighted by Gasteiger charge is -2.24. The lowest BCUT2D eigenvalue weighted by molar-refractivity contribution is -0.143. The van der Waals surface area contributed by atoms with Gasteiger partial charge in [0.15, 0.2) is 5.12 Å². The molecule has 0 radical (unpaired) electrons. The molecule has 0 fully saturated rings. The molecule has 0 N–H and O–H groups in total. The van der Waals surface area contributed by atoms with Crippen molar-refractivity contribution in [2.45, 2.75) is 238 Å². The minimum atomic E-state index is -0.00224. The molecule has 5 nitrogen and oxygen atoms in total. The van der Waals surface area contributed by atoms with Crippen molar-refractivity contribution in [1.29, 1.82) is 0 Å². The summed E-state index contributed by atoms with van der Waals surface area (Å²) in [7, 11) is 4.34. The number of esters is 1. The van der Waals surface area contributed by atoms with Crippen LogP contribution < -0.4 is 0 Å². The predicted molar refractivity (Wildman–Crippen MR) is 232 cm³/mol. The van der Waals surface area contributed by atoms with Gasteiger partial charge in [-0.05, 0) is 72.1 Å². The smallest absolute Gasteiger partial charge is 0.305 e. The number of likely N-dealkylation sites (N-methyl/N-ethyl adjacent to an activating group) is 1. The van der Waals surface area contributed by atoms with Gasteiger partial charge in [-0.2, -0.15) is 0 Å². The third kappa shape index (κ3) is 39.1. The van der Waals surface area contributed by atoms with E-state index in [2.05, 4.69) is 44.7 Å². The first kappa shape index (κ1) is 51.4. The van der Waals surface area contributed by atoms with Crippen LogP contribution in [-0.2, 0) is 14.3 Å². The molecule has 0 aromatic rings. The first-order valence-corrected chi connectivity index (χ1v) is 24.0. The molecule has 0 aliphatic carbocycles. The standard InChI is InChI=1S/C46H92N2O3S/c1-6-9-12-15-18-27-34-43-51-45(49)37-30-23-19-25-32-39-48(42-41-47(4)5)40-33-26-20-24-31-38-46(50)52-44(35-28-21-16-13-10-7-2)36-29-22-17-14-11-8-3/h44H,6-43H2,1-5H3. The van der Waals surface area contributed by atoms with Crippen LogP contribution in [-0.4, -0.2) is 73.0 Å². The fourth-order valence-corrected chi connectivity index (χ4v) is 8.28. The lowest BCUT2D eigenvalue weighted by atomic mass is 10.0. The van der Waals surface area contributed by atoms with E-state index in [1.807, 2.05) is 0 Å². The zero-order valence-corrected chi connectivity index (χ0v) is 36.8. The molecule has 310 valence electrons. The Hall–Kier alpha value is -0.590. The van der Waals surface area contributed by atoms with Gasteiger partial charge in [-0.25, -0.2) is 0 Å². The highest BCUT2D eigenvalue weighted by Crippen LogP contribution is 2.27. The third-order valence-electron chi connectivity index (χ3n) is 10.6. The van der Waals surface area contributed by atoms with Crippen molar-refractivity contribution >= 4 is 22.8 Å². The summed E-state index contributed by atoms with van der Waals surface area (Å²) in [6.07, 6.45) is 40.5. The fraction of sp³-hybridized carbons (Fsp3) is 0.957. The van der Waals surface area contributed by atoms with Gasteiger partial charge in [0.1, 0.15) is 0 Å². The Balaban J connectivity index is 4.11. The Bertz CT molecular complexity index is 733. The van der Waals surface area contributed by atoms with E-state index in [4.69, 9.17) is 4.74 Å². The topological polar surface area (TPSA) is 49.9 Å². The van der Waals surface area contributed by atoms with Crippen molar-refractivity contribution in [3.8, 4) is 0 Å². The van der Waals surface area contributed by atoms with E-state index < -0.39 is 0 Å². The van der Waals surface area contributed by atoms with Gasteiger partial charge in [0.25, 0.3) is 0 Å². The van der Waals surface area contributed by atoms with E-state index in [1.54, 1.807) is 11.8 Å². The van der Waals surface area contributed by atoms with E-state index in [1.165, 1.54) is 186 Å². The molecule has 0 aliphatic rings. The average Bonchev–Trinajstić information content (AvgIpc) is 3.13. The number of ether oxygens (including phenoxy) is 1. The quantitative estimate of drug-likeness (QED) is 0.0457. The Kier molecular flexibility index (Phi) is 41.1. The summed E-state index contributed by atoms with van der Waals surface area (Å²) in [4.78, 5) is 29.9. The van der Waals surface area contributed by atoms with E-state index in [-0.39, 0.29) is 5.97 Å². The van der Waals surface area contributed by atoms with Crippen molar-refractivity contribution in [3.63, 3.8) is 0 Å². The minimum Gasteiger partial charge on any atom is -0.466 e. The first-order valence-electron chi connectivity index (χ1n) is 23.1. The molecule has 0 aromatic heterocycles. The zero-order chi connectivity index (χ0) is 38.2. The SMILES string of the molecule is CCCCCCCCCOC(=O)CCCCCCCN(CCCCCCCC(=O)SC(CCCCCCCC)CCCCCCCC)CCN(C)C. The Morgan fingerprint density at radius 3 is 1.35 bits per heavy atom. The maximum absolute atomic E-state index is 12.9. The van der Waals surface area contributed by atoms with Crippen LogP contribution >= 0.6 is 11.8 Å². The minimum absolute atomic E-state index is 0.00224. The largest absolute Gasteiger partial charge is 0.466 e. The number of thioether (sulfide) groups is 1. The molecule has 52 heavy (non-hydrogen) atoms. The van der Waals surface area contributed by atoms with Gasteiger partial charge in [0.05, 0.1) is 6.61 Å². The van der Waals surface area contributed by atoms with Crippen molar-refractivity contribution in [2.75, 3.05) is 46.9 Å². The molecule has 6 heteroatoms. The monoisotopic (exact) mass is 753 g/mol. The summed E-state index contributed by atoms with van der Waals surface area (Å²) < 4.78 is 5.45. The van der Waals surface area contributed by atoms with Crippen LogP contribution in [0.1, 0.15) is 233 Å². The summed E-state index contributed by atoms with van der Waals surface area (Å²) in [5.74, 6) is -0.00224. The maximum atomic E-state index is 12.9. The highest BCUT2D eigenvalue weighted by Gasteiger charge is 2.15. The maximum Gasteiger partial charge on any atom is 0.305 e. The number of nitrogens with zero attached hydrogens (tertiary/aromatic N) is 2. The van der Waals surface area contributed by atoms with E-state index in [9.17, 15) is 9.59 Å². The van der Waals surface area contributed by atoms with Crippen LogP contribution in [0.4, 0.5) is 0 Å². The van der Waals surface area contributed by atoms with Gasteiger partial charge >= 0.3 is 5.97 Å². The van der Waals surface area contributed by atoms with Crippen LogP contribution in [0.15, 0.2) is 0 Å². The number of rotatable bonds is 42. The molecule has 0 amide bonds. The summed E-state index contributed by atoms with van der Waals surface area (Å²) >= 11 is 1.71. The first-order chi connectivity index (χ1) is 25.4. The van der Waals surface area contributed by atoms with Crippen molar-refractivity contribution in [1.82, 2.24) is 9.80 Å². The van der Waals surface area contributed by atoms with Crippen molar-refractivity contribution in [2.24, 2.45) is 0 Å². The second-order valence-corrected chi connectivity index (χ2v) is 17.6. The molecule has 0 rings (SSSR count). The molecule has 0 aliphatic heterocycles. The van der Waals surface area contributed by atoms with E-state index in [0.29, 0.717) is 23.4 Å². The predicted octanol–water partition coefficient (Wildman–Crippen LogP) is 14.0. The molecule has 0 saturated heterocycles. The highest BCUT2D eigenvalue weighted by molar-refractivity contribution is 8.14. The van der Waals surface area contributed by atoms with E-state index >= 15 is 0 Å². The number of hydrogen-bond donors (Lipinski definition) is 0. The molecule has 0 spiro atoms. The molecule has 0 bridgehead atoms. The Morgan fingerprint density at radius 1 is 0.462 bits per heavy atom. The highest BCUT2D eigenvalue weighted by atomic mass is 32.2. The van der Waals surface area contributed by atoms with Crippen LogP contribution in [0.5, 0.6) is 0 Å². The van der Waals surface area contributed by atoms with Crippen LogP contribution in [0.2, 0.25) is 0 Å². The van der Waals surface area contributed by atoms with Crippen molar-refractivity contribution < 1.29 is 14.3 Å². The lowest BCUT2D eigenvalue weighted by Crippen LogP contribution is -2.33. The Labute approximate surface area is 330 Å². The van der Waals surface area contributed by atoms with Crippen LogP contribution in [0.25, 0.3) is 0 Å². The normalized spacial score (nSPS) is 11.8. The number of carbonyl (C=O) groups is 2. The molecule has 0 aromatic carbocycles. The van der Waals surface area contributed by atoms with Gasteiger partial charge < -0.3 is 14.5 Å². The van der Waals surface area contributed by atoms with E-state index in [0.717, 1.165) is 45.2 Å². The van der Waals surface area contributed by atoms with Gasteiger partial charge in [0, 0.05) is 31.2 Å². The van der Waals surface area contributed by atoms with Gasteiger partial charge in [0.2, 0.25) is 0 Å². The molecular formula is C46H92N2O3S. The van der Waals surface area contributed by atoms with Crippen LogP contribution in [0.3, 0.4) is 0 Å². The summed E-state index contributed by atoms with van der Waals surface area (Å²) in [6.45, 7) is 12.0. The Morgan fingerprint density at radius 2 is 0.865 bits per heavy atom. The molecule has 0 saturated carbocycles. The summed E-state index contributed by atoms with van der Waals surface area (Å²) in [5.41, 5.74) is 0. The molecular weight excluding hydrogens is 661 g/mol. The van der Waals surface area contributed by atoms with Crippen LogP contribution in [0, 0.1) is 0 Å². The number of hydrogen-bond acceptors (Lipinski definition) is 6. The third-order valence-corrected chi connectivity index (χ3v) is 11.9. The zero-order valence-electron chi connectivity index (χ0n) is 36.0. The average molecular weight is 753 g/mol. The van der Waals surface area contributed by atoms with Gasteiger partial charge in [-0.3, -0.25) is 9.59 Å². The molecule has 0 atom stereocenters. The summed E-state index contributed by atoms with van der Waals surface area (Å²) in [5, 5.41) is 1.00. The second kappa shape index (κ2) is 41.6. The second-order valence-electron chi connectivity index (χ2n) is 16.2. The fourth-order valence-electron chi connectivity index (χ4n) is 7.08. The number of carbonyl (C=O) groups excluding carboxylic acids is 2.